The first-order chi connectivity index (χ1) is 4.22. The van der Waals surface area contributed by atoms with Gasteiger partial charge in [-0.15, -0.1) is 11.8 Å². The average molecular weight is 152 g/mol. The van der Waals surface area contributed by atoms with Crippen LogP contribution >= 0.6 is 11.8 Å². The standard InChI is InChI=1S/C5H12O3S/c1-2-9-5(8)4(7)3-6/h4-8H,2-3H2,1H3. The fourth-order valence-corrected chi connectivity index (χ4v) is 1.02. The molecular weight excluding hydrogens is 140 g/mol. The van der Waals surface area contributed by atoms with Crippen LogP contribution in [0.4, 0.5) is 0 Å². The van der Waals surface area contributed by atoms with Crippen LogP contribution in [-0.4, -0.2) is 39.2 Å². The van der Waals surface area contributed by atoms with E-state index in [1.165, 1.54) is 11.8 Å². The van der Waals surface area contributed by atoms with Gasteiger partial charge in [0.25, 0.3) is 0 Å². The molecule has 9 heavy (non-hydrogen) atoms. The largest absolute Gasteiger partial charge is 0.394 e. The van der Waals surface area contributed by atoms with Gasteiger partial charge in [0.1, 0.15) is 11.5 Å². The third-order valence-electron chi connectivity index (χ3n) is 0.854. The number of aliphatic hydroxyl groups is 3. The summed E-state index contributed by atoms with van der Waals surface area (Å²) in [6.07, 6.45) is -1.00. The van der Waals surface area contributed by atoms with Crippen molar-refractivity contribution in [3.05, 3.63) is 0 Å². The van der Waals surface area contributed by atoms with Crippen molar-refractivity contribution >= 4 is 11.8 Å². The minimum Gasteiger partial charge on any atom is -0.394 e. The molecule has 3 nitrogen and oxygen atoms in total. The highest BCUT2D eigenvalue weighted by Crippen LogP contribution is 2.10. The molecule has 0 radical (unpaired) electrons. The van der Waals surface area contributed by atoms with Gasteiger partial charge in [-0.25, -0.2) is 0 Å². The molecule has 0 bridgehead atoms. The van der Waals surface area contributed by atoms with Crippen molar-refractivity contribution in [3.8, 4) is 0 Å². The summed E-state index contributed by atoms with van der Waals surface area (Å²) in [5.74, 6) is 0.734. The predicted molar refractivity (Wildman–Crippen MR) is 37.2 cm³/mol. The molecule has 0 saturated carbocycles. The van der Waals surface area contributed by atoms with Crippen LogP contribution < -0.4 is 0 Å². The molecule has 0 aromatic carbocycles. The third-order valence-corrected chi connectivity index (χ3v) is 1.84. The fraction of sp³-hybridized carbons (Fsp3) is 1.00. The van der Waals surface area contributed by atoms with Gasteiger partial charge >= 0.3 is 0 Å². The maximum Gasteiger partial charge on any atom is 0.127 e. The Balaban J connectivity index is 3.32. The van der Waals surface area contributed by atoms with Gasteiger partial charge in [0.15, 0.2) is 0 Å². The molecule has 2 atom stereocenters. The molecule has 2 unspecified atom stereocenters. The van der Waals surface area contributed by atoms with E-state index in [0.29, 0.717) is 0 Å². The Kier molecular flexibility index (Phi) is 5.18. The monoisotopic (exact) mass is 152 g/mol. The van der Waals surface area contributed by atoms with Crippen LogP contribution in [0.1, 0.15) is 6.92 Å². The Morgan fingerprint density at radius 3 is 2.33 bits per heavy atom. The van der Waals surface area contributed by atoms with E-state index in [1.807, 2.05) is 6.92 Å². The van der Waals surface area contributed by atoms with E-state index in [9.17, 15) is 0 Å². The van der Waals surface area contributed by atoms with Crippen molar-refractivity contribution in [3.63, 3.8) is 0 Å². The van der Waals surface area contributed by atoms with Crippen molar-refractivity contribution < 1.29 is 15.3 Å². The summed E-state index contributed by atoms with van der Waals surface area (Å²) in [5, 5.41) is 25.9. The van der Waals surface area contributed by atoms with Crippen LogP contribution in [0, 0.1) is 0 Å². The van der Waals surface area contributed by atoms with Crippen molar-refractivity contribution in [2.45, 2.75) is 18.5 Å². The van der Waals surface area contributed by atoms with Gasteiger partial charge in [-0.2, -0.15) is 0 Å². The number of hydrogen-bond acceptors (Lipinski definition) is 4. The molecule has 0 fully saturated rings. The van der Waals surface area contributed by atoms with Crippen LogP contribution in [0.2, 0.25) is 0 Å². The van der Waals surface area contributed by atoms with Gasteiger partial charge in [-0.05, 0) is 5.75 Å². The maximum absolute atomic E-state index is 8.87. The molecule has 3 N–H and O–H groups in total. The normalized spacial score (nSPS) is 17.3. The zero-order valence-corrected chi connectivity index (χ0v) is 6.14. The summed E-state index contributed by atoms with van der Waals surface area (Å²) in [7, 11) is 0. The molecule has 56 valence electrons. The lowest BCUT2D eigenvalue weighted by Gasteiger charge is -2.12. The topological polar surface area (TPSA) is 60.7 Å². The summed E-state index contributed by atoms with van der Waals surface area (Å²) < 4.78 is 0. The van der Waals surface area contributed by atoms with Gasteiger partial charge in [0.2, 0.25) is 0 Å². The summed E-state index contributed by atoms with van der Waals surface area (Å²) in [6.45, 7) is 1.49. The number of rotatable bonds is 4. The fourth-order valence-electron chi connectivity index (χ4n) is 0.372. The van der Waals surface area contributed by atoms with Crippen molar-refractivity contribution in [1.29, 1.82) is 0 Å². The van der Waals surface area contributed by atoms with E-state index in [-0.39, 0.29) is 6.61 Å². The third kappa shape index (κ3) is 3.75. The molecule has 0 aliphatic carbocycles. The molecule has 0 spiro atoms. The summed E-state index contributed by atoms with van der Waals surface area (Å²) in [5.41, 5.74) is -0.847. The SMILES string of the molecule is CCSC(O)C(O)CO. The highest BCUT2D eigenvalue weighted by Gasteiger charge is 2.13. The first kappa shape index (κ1) is 9.23. The molecule has 0 aromatic rings. The Morgan fingerprint density at radius 1 is 1.44 bits per heavy atom. The van der Waals surface area contributed by atoms with E-state index < -0.39 is 11.5 Å². The minimum absolute atomic E-state index is 0.381. The lowest BCUT2D eigenvalue weighted by molar-refractivity contribution is 0.0285. The lowest BCUT2D eigenvalue weighted by atomic mass is 10.4. The van der Waals surface area contributed by atoms with Crippen LogP contribution in [0.25, 0.3) is 0 Å². The number of hydrogen-bond donors (Lipinski definition) is 3. The van der Waals surface area contributed by atoms with Gasteiger partial charge in [0.05, 0.1) is 6.61 Å². The smallest absolute Gasteiger partial charge is 0.127 e. The number of aliphatic hydroxyl groups excluding tert-OH is 3. The molecular formula is C5H12O3S. The Labute approximate surface area is 58.7 Å². The van der Waals surface area contributed by atoms with Crippen molar-refractivity contribution in [2.24, 2.45) is 0 Å². The van der Waals surface area contributed by atoms with Gasteiger partial charge in [0, 0.05) is 0 Å². The Bertz CT molecular complexity index is 69.2. The van der Waals surface area contributed by atoms with Crippen molar-refractivity contribution in [1.82, 2.24) is 0 Å². The molecule has 0 amide bonds. The molecule has 0 aliphatic heterocycles. The zero-order chi connectivity index (χ0) is 7.28. The highest BCUT2D eigenvalue weighted by atomic mass is 32.2. The second-order valence-corrected chi connectivity index (χ2v) is 2.99. The Morgan fingerprint density at radius 2 is 2.00 bits per heavy atom. The van der Waals surface area contributed by atoms with Crippen LogP contribution in [0.5, 0.6) is 0 Å². The average Bonchev–Trinajstić information content (AvgIpc) is 1.87. The minimum atomic E-state index is -1.00. The highest BCUT2D eigenvalue weighted by molar-refractivity contribution is 7.99. The molecule has 0 heterocycles. The molecule has 0 aliphatic rings. The maximum atomic E-state index is 8.87. The molecule has 0 saturated heterocycles. The first-order valence-corrected chi connectivity index (χ1v) is 3.85. The van der Waals surface area contributed by atoms with E-state index in [2.05, 4.69) is 0 Å². The van der Waals surface area contributed by atoms with E-state index in [1.54, 1.807) is 0 Å². The van der Waals surface area contributed by atoms with Gasteiger partial charge in [-0.3, -0.25) is 0 Å². The van der Waals surface area contributed by atoms with Crippen LogP contribution in [-0.2, 0) is 0 Å². The first-order valence-electron chi connectivity index (χ1n) is 2.81. The number of thioether (sulfide) groups is 1. The second-order valence-electron chi connectivity index (χ2n) is 1.60. The molecule has 4 heteroatoms. The van der Waals surface area contributed by atoms with E-state index in [4.69, 9.17) is 15.3 Å². The second kappa shape index (κ2) is 5.05. The van der Waals surface area contributed by atoms with E-state index in [0.717, 1.165) is 5.75 Å². The van der Waals surface area contributed by atoms with E-state index >= 15 is 0 Å². The summed E-state index contributed by atoms with van der Waals surface area (Å²) in [6, 6.07) is 0. The van der Waals surface area contributed by atoms with Crippen molar-refractivity contribution in [2.75, 3.05) is 12.4 Å². The predicted octanol–water partition coefficient (Wildman–Crippen LogP) is -0.589. The van der Waals surface area contributed by atoms with Gasteiger partial charge < -0.3 is 15.3 Å². The zero-order valence-electron chi connectivity index (χ0n) is 5.32. The summed E-state index contributed by atoms with van der Waals surface area (Å²) in [4.78, 5) is 0. The molecule has 0 aromatic heterocycles. The Hall–Kier alpha value is 0.230. The molecule has 0 rings (SSSR count). The quantitative estimate of drug-likeness (QED) is 0.471. The van der Waals surface area contributed by atoms with Gasteiger partial charge in [-0.1, -0.05) is 6.92 Å². The van der Waals surface area contributed by atoms with Crippen LogP contribution in [0.3, 0.4) is 0 Å². The lowest BCUT2D eigenvalue weighted by Crippen LogP contribution is -2.26. The van der Waals surface area contributed by atoms with Crippen LogP contribution in [0.15, 0.2) is 0 Å². The summed E-state index contributed by atoms with van der Waals surface area (Å²) >= 11 is 1.21.